The van der Waals surface area contributed by atoms with Crippen molar-refractivity contribution in [3.05, 3.63) is 29.8 Å². The van der Waals surface area contributed by atoms with E-state index >= 15 is 0 Å². The number of amides is 1. The first-order chi connectivity index (χ1) is 10.0. The minimum atomic E-state index is 0.00643. The van der Waals surface area contributed by atoms with Crippen LogP contribution in [0.1, 0.15) is 29.6 Å². The highest BCUT2D eigenvalue weighted by Gasteiger charge is 2.32. The summed E-state index contributed by atoms with van der Waals surface area (Å²) in [7, 11) is 3.89. The summed E-state index contributed by atoms with van der Waals surface area (Å²) in [5, 5.41) is 11.6. The van der Waals surface area contributed by atoms with Crippen LogP contribution in [-0.4, -0.2) is 48.5 Å². The Balaban J connectivity index is 2.13. The third-order valence-corrected chi connectivity index (χ3v) is 3.60. The van der Waals surface area contributed by atoms with E-state index in [1.807, 2.05) is 48.2 Å². The van der Waals surface area contributed by atoms with Gasteiger partial charge in [0.05, 0.1) is 0 Å². The highest BCUT2D eigenvalue weighted by molar-refractivity contribution is 5.96. The lowest BCUT2D eigenvalue weighted by atomic mass is 10.1. The molecule has 0 atom stereocenters. The van der Waals surface area contributed by atoms with Crippen LogP contribution in [0.15, 0.2) is 29.4 Å². The summed E-state index contributed by atoms with van der Waals surface area (Å²) in [6.07, 6.45) is 2.43. The molecule has 0 heterocycles. The molecule has 1 saturated carbocycles. The lowest BCUT2D eigenvalue weighted by molar-refractivity contribution is 0.0747. The predicted molar refractivity (Wildman–Crippen MR) is 82.9 cm³/mol. The Morgan fingerprint density at radius 1 is 1.43 bits per heavy atom. The molecule has 1 aliphatic rings. The second kappa shape index (κ2) is 6.47. The van der Waals surface area contributed by atoms with E-state index in [0.717, 1.165) is 18.5 Å². The Labute approximate surface area is 124 Å². The van der Waals surface area contributed by atoms with E-state index in [4.69, 9.17) is 10.9 Å². The smallest absolute Gasteiger partial charge is 0.254 e. The van der Waals surface area contributed by atoms with Crippen molar-refractivity contribution < 1.29 is 10.0 Å². The van der Waals surface area contributed by atoms with Crippen LogP contribution in [-0.2, 0) is 0 Å². The van der Waals surface area contributed by atoms with Gasteiger partial charge in [-0.3, -0.25) is 4.79 Å². The number of hydrogen-bond donors (Lipinski definition) is 2. The summed E-state index contributed by atoms with van der Waals surface area (Å²) in [4.78, 5) is 16.5. The van der Waals surface area contributed by atoms with Crippen LogP contribution >= 0.6 is 0 Å². The van der Waals surface area contributed by atoms with Crippen LogP contribution < -0.4 is 10.6 Å². The summed E-state index contributed by atoms with van der Waals surface area (Å²) in [6, 6.07) is 7.85. The fourth-order valence-electron chi connectivity index (χ4n) is 2.20. The van der Waals surface area contributed by atoms with Gasteiger partial charge >= 0.3 is 0 Å². The molecule has 1 fully saturated rings. The molecule has 1 amide bonds. The highest BCUT2D eigenvalue weighted by atomic mass is 16.4. The first kappa shape index (κ1) is 15.2. The lowest BCUT2D eigenvalue weighted by Crippen LogP contribution is -2.36. The monoisotopic (exact) mass is 290 g/mol. The fourth-order valence-corrected chi connectivity index (χ4v) is 2.20. The van der Waals surface area contributed by atoms with Crippen molar-refractivity contribution in [3.8, 4) is 0 Å². The molecule has 1 aromatic rings. The van der Waals surface area contributed by atoms with Gasteiger partial charge in [-0.1, -0.05) is 11.2 Å². The van der Waals surface area contributed by atoms with Crippen molar-refractivity contribution >= 4 is 17.4 Å². The van der Waals surface area contributed by atoms with E-state index in [-0.39, 0.29) is 17.8 Å². The van der Waals surface area contributed by atoms with Crippen LogP contribution in [0, 0.1) is 0 Å². The van der Waals surface area contributed by atoms with Gasteiger partial charge in [0.25, 0.3) is 5.91 Å². The van der Waals surface area contributed by atoms with Gasteiger partial charge in [0.2, 0.25) is 0 Å². The number of amidine groups is 1. The van der Waals surface area contributed by atoms with Crippen molar-refractivity contribution in [3.63, 3.8) is 0 Å². The lowest BCUT2D eigenvalue weighted by Gasteiger charge is -2.23. The number of nitrogens with two attached hydrogens (primary N) is 1. The van der Waals surface area contributed by atoms with E-state index in [1.165, 1.54) is 0 Å². The molecular formula is C15H22N4O2. The molecule has 0 saturated heterocycles. The average molecular weight is 290 g/mol. The number of benzene rings is 1. The van der Waals surface area contributed by atoms with Gasteiger partial charge in [0.15, 0.2) is 0 Å². The molecule has 0 bridgehead atoms. The molecule has 0 aromatic heterocycles. The maximum absolute atomic E-state index is 12.7. The van der Waals surface area contributed by atoms with Gasteiger partial charge in [-0.25, -0.2) is 0 Å². The molecule has 0 aliphatic heterocycles. The summed E-state index contributed by atoms with van der Waals surface area (Å²) in [5.74, 6) is 0.155. The van der Waals surface area contributed by atoms with Crippen molar-refractivity contribution in [1.29, 1.82) is 0 Å². The standard InChI is InChI=1S/C15H22N4O2/c1-18(2)13-5-3-4-11(10-13)15(20)19(12-6-7-12)9-8-14(16)17-21/h3-5,10,12,21H,6-9H2,1-2H3,(H2,16,17). The Morgan fingerprint density at radius 2 is 2.14 bits per heavy atom. The average Bonchev–Trinajstić information content (AvgIpc) is 3.31. The maximum atomic E-state index is 12.7. The first-order valence-corrected chi connectivity index (χ1v) is 7.07. The number of carbonyl (C=O) groups excluding carboxylic acids is 1. The van der Waals surface area contributed by atoms with Gasteiger partial charge in [0.1, 0.15) is 5.84 Å². The summed E-state index contributed by atoms with van der Waals surface area (Å²) in [6.45, 7) is 0.478. The molecule has 114 valence electrons. The Morgan fingerprint density at radius 3 is 2.71 bits per heavy atom. The zero-order chi connectivity index (χ0) is 15.4. The molecule has 6 nitrogen and oxygen atoms in total. The van der Waals surface area contributed by atoms with Crippen molar-refractivity contribution in [2.45, 2.75) is 25.3 Å². The molecular weight excluding hydrogens is 268 g/mol. The van der Waals surface area contributed by atoms with Crippen molar-refractivity contribution in [2.75, 3.05) is 25.5 Å². The van der Waals surface area contributed by atoms with Crippen LogP contribution in [0.25, 0.3) is 0 Å². The summed E-state index contributed by atoms with van der Waals surface area (Å²) >= 11 is 0. The van der Waals surface area contributed by atoms with Crippen LogP contribution in [0.4, 0.5) is 5.69 Å². The van der Waals surface area contributed by atoms with E-state index in [2.05, 4.69) is 5.16 Å². The minimum absolute atomic E-state index is 0.00643. The van der Waals surface area contributed by atoms with E-state index in [9.17, 15) is 4.79 Å². The zero-order valence-corrected chi connectivity index (χ0v) is 12.5. The van der Waals surface area contributed by atoms with Crippen molar-refractivity contribution in [2.24, 2.45) is 10.9 Å². The summed E-state index contributed by atoms with van der Waals surface area (Å²) in [5.41, 5.74) is 7.17. The Kier molecular flexibility index (Phi) is 4.67. The van der Waals surface area contributed by atoms with Gasteiger partial charge in [0, 0.05) is 44.4 Å². The number of oxime groups is 1. The van der Waals surface area contributed by atoms with Gasteiger partial charge in [-0.2, -0.15) is 0 Å². The zero-order valence-electron chi connectivity index (χ0n) is 12.5. The van der Waals surface area contributed by atoms with E-state index in [0.29, 0.717) is 18.5 Å². The largest absolute Gasteiger partial charge is 0.409 e. The molecule has 2 rings (SSSR count). The van der Waals surface area contributed by atoms with E-state index in [1.54, 1.807) is 0 Å². The maximum Gasteiger partial charge on any atom is 0.254 e. The minimum Gasteiger partial charge on any atom is -0.409 e. The van der Waals surface area contributed by atoms with Crippen LogP contribution in [0.3, 0.4) is 0 Å². The molecule has 0 unspecified atom stereocenters. The molecule has 1 aromatic carbocycles. The topological polar surface area (TPSA) is 82.2 Å². The second-order valence-corrected chi connectivity index (χ2v) is 5.52. The highest BCUT2D eigenvalue weighted by Crippen LogP contribution is 2.29. The Hall–Kier alpha value is -2.24. The van der Waals surface area contributed by atoms with Crippen LogP contribution in [0.5, 0.6) is 0 Å². The van der Waals surface area contributed by atoms with Crippen molar-refractivity contribution in [1.82, 2.24) is 4.90 Å². The van der Waals surface area contributed by atoms with Gasteiger partial charge in [-0.05, 0) is 31.0 Å². The number of nitrogens with zero attached hydrogens (tertiary/aromatic N) is 3. The number of carbonyl (C=O) groups is 1. The third-order valence-electron chi connectivity index (χ3n) is 3.60. The van der Waals surface area contributed by atoms with Gasteiger partial charge in [-0.15, -0.1) is 0 Å². The number of hydrogen-bond acceptors (Lipinski definition) is 4. The SMILES string of the molecule is CN(C)c1cccc(C(=O)N(CCC(N)=NO)C2CC2)c1. The third kappa shape index (κ3) is 3.87. The molecule has 21 heavy (non-hydrogen) atoms. The first-order valence-electron chi connectivity index (χ1n) is 7.07. The molecule has 6 heteroatoms. The molecule has 0 spiro atoms. The Bertz CT molecular complexity index is 538. The van der Waals surface area contributed by atoms with Gasteiger partial charge < -0.3 is 20.7 Å². The second-order valence-electron chi connectivity index (χ2n) is 5.52. The predicted octanol–water partition coefficient (Wildman–Crippen LogP) is 1.49. The van der Waals surface area contributed by atoms with E-state index < -0.39 is 0 Å². The number of anilines is 1. The normalized spacial score (nSPS) is 14.9. The van der Waals surface area contributed by atoms with Crippen LogP contribution in [0.2, 0.25) is 0 Å². The molecule has 1 aliphatic carbocycles. The fraction of sp³-hybridized carbons (Fsp3) is 0.467. The quantitative estimate of drug-likeness (QED) is 0.360. The molecule has 3 N–H and O–H groups in total. The molecule has 0 radical (unpaired) electrons. The number of rotatable bonds is 6. The summed E-state index contributed by atoms with van der Waals surface area (Å²) < 4.78 is 0.